The molecule has 1 aromatic carbocycles. The van der Waals surface area contributed by atoms with Crippen molar-refractivity contribution in [2.45, 2.75) is 6.04 Å². The van der Waals surface area contributed by atoms with Crippen LogP contribution in [0.5, 0.6) is 5.75 Å². The zero-order valence-corrected chi connectivity index (χ0v) is 12.3. The van der Waals surface area contributed by atoms with Gasteiger partial charge in [0.25, 0.3) is 0 Å². The van der Waals surface area contributed by atoms with Crippen molar-refractivity contribution in [3.8, 4) is 5.75 Å². The summed E-state index contributed by atoms with van der Waals surface area (Å²) in [5.74, 6) is 0.153. The first kappa shape index (κ1) is 15.7. The lowest BCUT2D eigenvalue weighted by Crippen LogP contribution is -2.45. The van der Waals surface area contributed by atoms with Crippen molar-refractivity contribution in [1.82, 2.24) is 10.2 Å². The third kappa shape index (κ3) is 3.57. The van der Waals surface area contributed by atoms with Crippen LogP contribution in [-0.4, -0.2) is 42.9 Å². The molecular weight excluding hydrogens is 323 g/mol. The summed E-state index contributed by atoms with van der Waals surface area (Å²) in [6.07, 6.45) is 0. The molecule has 102 valence electrons. The first-order valence-corrected chi connectivity index (χ1v) is 6.51. The molecule has 1 atom stereocenters. The molecule has 0 aliphatic carbocycles. The lowest BCUT2D eigenvalue weighted by molar-refractivity contribution is 0.145. The number of nitrogens with one attached hydrogen (secondary N) is 1. The van der Waals surface area contributed by atoms with Gasteiger partial charge in [-0.25, -0.2) is 4.39 Å². The number of hydrogen-bond acceptors (Lipinski definition) is 3. The third-order valence-corrected chi connectivity index (χ3v) is 3.58. The highest BCUT2D eigenvalue weighted by Crippen LogP contribution is 2.31. The Labute approximate surface area is 121 Å². The van der Waals surface area contributed by atoms with E-state index in [9.17, 15) is 9.50 Å². The Balaban J connectivity index is 0.00000162. The van der Waals surface area contributed by atoms with Crippen LogP contribution >= 0.6 is 28.3 Å². The number of alkyl halides is 1. The number of aromatic hydroxyl groups is 1. The van der Waals surface area contributed by atoms with Crippen LogP contribution in [0.4, 0.5) is 4.39 Å². The maximum Gasteiger partial charge on any atom is 0.121 e. The predicted molar refractivity (Wildman–Crippen MR) is 76.2 cm³/mol. The Morgan fingerprint density at radius 3 is 2.61 bits per heavy atom. The van der Waals surface area contributed by atoms with E-state index in [0.29, 0.717) is 5.56 Å². The Morgan fingerprint density at radius 1 is 1.39 bits per heavy atom. The zero-order chi connectivity index (χ0) is 12.3. The summed E-state index contributed by atoms with van der Waals surface area (Å²) in [7, 11) is 0. The van der Waals surface area contributed by atoms with Gasteiger partial charge >= 0.3 is 0 Å². The van der Waals surface area contributed by atoms with Gasteiger partial charge in [0.2, 0.25) is 0 Å². The second kappa shape index (κ2) is 7.28. The zero-order valence-electron chi connectivity index (χ0n) is 9.90. The summed E-state index contributed by atoms with van der Waals surface area (Å²) in [6.45, 7) is 2.88. The molecule has 1 saturated heterocycles. The van der Waals surface area contributed by atoms with Crippen molar-refractivity contribution in [2.24, 2.45) is 0 Å². The lowest BCUT2D eigenvalue weighted by Gasteiger charge is -2.33. The molecule has 6 heteroatoms. The largest absolute Gasteiger partial charge is 0.508 e. The van der Waals surface area contributed by atoms with Gasteiger partial charge < -0.3 is 10.4 Å². The Kier molecular flexibility index (Phi) is 6.35. The second-order valence-electron chi connectivity index (χ2n) is 4.16. The van der Waals surface area contributed by atoms with Crippen molar-refractivity contribution in [3.05, 3.63) is 28.2 Å². The monoisotopic (exact) mass is 338 g/mol. The summed E-state index contributed by atoms with van der Waals surface area (Å²) < 4.78 is 14.0. The fourth-order valence-corrected chi connectivity index (χ4v) is 2.52. The first-order chi connectivity index (χ1) is 8.22. The van der Waals surface area contributed by atoms with E-state index in [2.05, 4.69) is 26.1 Å². The fourth-order valence-electron chi connectivity index (χ4n) is 2.17. The molecule has 0 radical (unpaired) electrons. The molecule has 0 amide bonds. The maximum atomic E-state index is 13.2. The van der Waals surface area contributed by atoms with E-state index in [4.69, 9.17) is 0 Å². The van der Waals surface area contributed by atoms with Crippen LogP contribution in [0.3, 0.4) is 0 Å². The molecule has 1 heterocycles. The van der Waals surface area contributed by atoms with E-state index in [1.807, 2.05) is 6.07 Å². The molecule has 0 aromatic heterocycles. The van der Waals surface area contributed by atoms with Crippen LogP contribution < -0.4 is 5.32 Å². The molecule has 1 fully saturated rings. The van der Waals surface area contributed by atoms with E-state index in [0.717, 1.165) is 30.7 Å². The predicted octanol–water partition coefficient (Wildman–Crippen LogP) is 2.49. The average Bonchev–Trinajstić information content (AvgIpc) is 2.34. The van der Waals surface area contributed by atoms with Crippen molar-refractivity contribution >= 4 is 28.3 Å². The number of phenols is 1. The van der Waals surface area contributed by atoms with Crippen LogP contribution in [0.25, 0.3) is 0 Å². The van der Waals surface area contributed by atoms with Crippen molar-refractivity contribution < 1.29 is 9.50 Å². The number of halogens is 3. The molecule has 1 aliphatic rings. The molecule has 0 spiro atoms. The molecule has 0 saturated carbocycles. The Bertz CT molecular complexity index is 388. The topological polar surface area (TPSA) is 35.5 Å². The smallest absolute Gasteiger partial charge is 0.121 e. The van der Waals surface area contributed by atoms with Gasteiger partial charge in [0.15, 0.2) is 0 Å². The van der Waals surface area contributed by atoms with Gasteiger partial charge in [-0.15, -0.1) is 12.4 Å². The Morgan fingerprint density at radius 2 is 2.06 bits per heavy atom. The van der Waals surface area contributed by atoms with Crippen LogP contribution in [0.1, 0.15) is 11.6 Å². The van der Waals surface area contributed by atoms with Crippen LogP contribution in [0.15, 0.2) is 22.7 Å². The van der Waals surface area contributed by atoms with Crippen molar-refractivity contribution in [2.75, 3.05) is 32.9 Å². The minimum Gasteiger partial charge on any atom is -0.508 e. The van der Waals surface area contributed by atoms with Gasteiger partial charge in [-0.3, -0.25) is 4.90 Å². The summed E-state index contributed by atoms with van der Waals surface area (Å²) in [6, 6.07) is 4.89. The number of rotatable bonds is 3. The maximum absolute atomic E-state index is 13.2. The third-order valence-electron chi connectivity index (χ3n) is 3.09. The van der Waals surface area contributed by atoms with E-state index in [1.165, 1.54) is 0 Å². The van der Waals surface area contributed by atoms with Gasteiger partial charge in [0.05, 0.1) is 6.04 Å². The van der Waals surface area contributed by atoms with Gasteiger partial charge in [-0.2, -0.15) is 0 Å². The van der Waals surface area contributed by atoms with Gasteiger partial charge in [0.1, 0.15) is 12.4 Å². The van der Waals surface area contributed by atoms with Crippen molar-refractivity contribution in [3.63, 3.8) is 0 Å². The SMILES string of the molecule is Cl.Oc1cc(Br)ccc1[C@@H](CF)N1CCNCC1. The number of hydrogen-bond donors (Lipinski definition) is 2. The molecule has 2 N–H and O–H groups in total. The molecule has 0 bridgehead atoms. The van der Waals surface area contributed by atoms with Gasteiger partial charge in [-0.05, 0) is 12.1 Å². The number of phenolic OH excluding ortho intramolecular Hbond substituents is 1. The van der Waals surface area contributed by atoms with Crippen LogP contribution in [0, 0.1) is 0 Å². The normalized spacial score (nSPS) is 18.1. The first-order valence-electron chi connectivity index (χ1n) is 5.71. The summed E-state index contributed by atoms with van der Waals surface area (Å²) in [4.78, 5) is 2.07. The van der Waals surface area contributed by atoms with E-state index in [1.54, 1.807) is 12.1 Å². The molecular formula is C12H17BrClFN2O. The number of piperazine rings is 1. The van der Waals surface area contributed by atoms with E-state index < -0.39 is 6.67 Å². The lowest BCUT2D eigenvalue weighted by atomic mass is 10.0. The average molecular weight is 340 g/mol. The Hall–Kier alpha value is -0.360. The fraction of sp³-hybridized carbons (Fsp3) is 0.500. The van der Waals surface area contributed by atoms with Crippen LogP contribution in [0.2, 0.25) is 0 Å². The highest BCUT2D eigenvalue weighted by atomic mass is 79.9. The molecule has 1 aliphatic heterocycles. The van der Waals surface area contributed by atoms with Crippen molar-refractivity contribution in [1.29, 1.82) is 0 Å². The standard InChI is InChI=1S/C12H16BrFN2O.ClH/c13-9-1-2-10(12(17)7-9)11(8-14)16-5-3-15-4-6-16;/h1-2,7,11,15,17H,3-6,8H2;1H/t11-;/m1./s1. The second-order valence-corrected chi connectivity index (χ2v) is 5.07. The van der Waals surface area contributed by atoms with E-state index in [-0.39, 0.29) is 24.2 Å². The minimum absolute atomic E-state index is 0. The highest BCUT2D eigenvalue weighted by Gasteiger charge is 2.24. The highest BCUT2D eigenvalue weighted by molar-refractivity contribution is 9.10. The van der Waals surface area contributed by atoms with Crippen LogP contribution in [-0.2, 0) is 0 Å². The molecule has 18 heavy (non-hydrogen) atoms. The van der Waals surface area contributed by atoms with Gasteiger partial charge in [0, 0.05) is 36.2 Å². The molecule has 0 unspecified atom stereocenters. The quantitative estimate of drug-likeness (QED) is 0.888. The summed E-state index contributed by atoms with van der Waals surface area (Å²) in [5, 5.41) is 13.1. The van der Waals surface area contributed by atoms with Gasteiger partial charge in [-0.1, -0.05) is 22.0 Å². The minimum atomic E-state index is -0.477. The molecule has 1 aromatic rings. The summed E-state index contributed by atoms with van der Waals surface area (Å²) in [5.41, 5.74) is 0.664. The number of nitrogens with zero attached hydrogens (tertiary/aromatic N) is 1. The van der Waals surface area contributed by atoms with E-state index >= 15 is 0 Å². The number of benzene rings is 1. The molecule has 3 nitrogen and oxygen atoms in total. The molecule has 2 rings (SSSR count). The summed E-state index contributed by atoms with van der Waals surface area (Å²) >= 11 is 3.29.